The predicted octanol–water partition coefficient (Wildman–Crippen LogP) is 1.75. The van der Waals surface area contributed by atoms with E-state index in [0.717, 1.165) is 0 Å². The highest BCUT2D eigenvalue weighted by Gasteiger charge is 2.20. The Bertz CT molecular complexity index is 23.0. The molecular formula is CH3BF4-. The van der Waals surface area contributed by atoms with Crippen LogP contribution < -0.4 is 0 Å². The number of hydrogen-bond donors (Lipinski definition) is 0. The van der Waals surface area contributed by atoms with Crippen LogP contribution in [0.5, 0.6) is 0 Å². The first-order valence-corrected chi connectivity index (χ1v) is 0.873. The lowest BCUT2D eigenvalue weighted by molar-refractivity contribution is 0.368. The molecule has 5 heteroatoms. The maximum absolute atomic E-state index is 9.75. The molecule has 0 nitrogen and oxygen atoms in total. The van der Waals surface area contributed by atoms with Gasteiger partial charge in [-0.15, -0.1) is 0 Å². The van der Waals surface area contributed by atoms with Crippen LogP contribution in [-0.2, 0) is 0 Å². The van der Waals surface area contributed by atoms with Crippen LogP contribution >= 0.6 is 0 Å². The summed E-state index contributed by atoms with van der Waals surface area (Å²) in [5.74, 6) is 0. The smallest absolute Gasteiger partial charge is 0.418 e. The Morgan fingerprint density at radius 1 is 0.833 bits per heavy atom. The second-order valence-corrected chi connectivity index (χ2v) is 0.495. The molecule has 0 unspecified atom stereocenters. The Labute approximate surface area is 33.3 Å². The molecule has 0 aliphatic rings. The van der Waals surface area contributed by atoms with E-state index < -0.39 is 7.25 Å². The number of rotatable bonds is 0. The topological polar surface area (TPSA) is 0 Å². The average Bonchev–Trinajstić information content (AvgIpc) is 0.722. The van der Waals surface area contributed by atoms with E-state index in [1.165, 1.54) is 0 Å². The molecule has 6 heavy (non-hydrogen) atoms. The first-order chi connectivity index (χ1) is 2.00. The highest BCUT2D eigenvalue weighted by atomic mass is 19.5. The average molecular weight is 102 g/mol. The highest BCUT2D eigenvalue weighted by molar-refractivity contribution is 6.50. The minimum Gasteiger partial charge on any atom is -0.418 e. The largest absolute Gasteiger partial charge is 0.673 e. The molecule has 0 saturated carbocycles. The summed E-state index contributed by atoms with van der Waals surface area (Å²) in [5, 5.41) is 0. The number of hydrogen-bond acceptors (Lipinski definition) is 0. The molecule has 1 radical (unpaired) electrons. The minimum absolute atomic E-state index is 0. The molecule has 0 amide bonds. The van der Waals surface area contributed by atoms with Crippen LogP contribution in [0.15, 0.2) is 0 Å². The third-order valence-electron chi connectivity index (χ3n) is 0. The van der Waals surface area contributed by atoms with Crippen LogP contribution in [-0.4, -0.2) is 7.25 Å². The standard InChI is InChI=1S/CH3.BF4/c;2-1(3,4)5/h1H3;/q;-1. The molecule has 0 saturated heterocycles. The Morgan fingerprint density at radius 3 is 0.833 bits per heavy atom. The van der Waals surface area contributed by atoms with E-state index in [0.29, 0.717) is 0 Å². The van der Waals surface area contributed by atoms with Gasteiger partial charge in [-0.05, 0) is 0 Å². The maximum Gasteiger partial charge on any atom is 0.673 e. The summed E-state index contributed by atoms with van der Waals surface area (Å²) in [5.41, 5.74) is 0. The first-order valence-electron chi connectivity index (χ1n) is 0.873. The van der Waals surface area contributed by atoms with Gasteiger partial charge in [0.05, 0.1) is 0 Å². The normalized spacial score (nSPS) is 10.0. The fourth-order valence-electron chi connectivity index (χ4n) is 0. The molecule has 0 aromatic carbocycles. The quantitative estimate of drug-likeness (QED) is 0.322. The monoisotopic (exact) mass is 102 g/mol. The van der Waals surface area contributed by atoms with Gasteiger partial charge in [0, 0.05) is 0 Å². The highest BCUT2D eigenvalue weighted by Crippen LogP contribution is 2.06. The lowest BCUT2D eigenvalue weighted by Crippen LogP contribution is -2.02. The van der Waals surface area contributed by atoms with E-state index in [2.05, 4.69) is 0 Å². The van der Waals surface area contributed by atoms with Crippen molar-refractivity contribution in [3.05, 3.63) is 7.43 Å². The van der Waals surface area contributed by atoms with Crippen LogP contribution in [0.4, 0.5) is 17.3 Å². The molecule has 0 spiro atoms. The molecule has 0 fully saturated rings. The van der Waals surface area contributed by atoms with Crippen molar-refractivity contribution in [2.45, 2.75) is 0 Å². The lowest BCUT2D eigenvalue weighted by Gasteiger charge is -1.94. The van der Waals surface area contributed by atoms with Crippen molar-refractivity contribution in [1.82, 2.24) is 0 Å². The van der Waals surface area contributed by atoms with Crippen molar-refractivity contribution in [2.24, 2.45) is 0 Å². The second-order valence-electron chi connectivity index (χ2n) is 0.495. The van der Waals surface area contributed by atoms with E-state index in [1.54, 1.807) is 0 Å². The van der Waals surface area contributed by atoms with Crippen molar-refractivity contribution < 1.29 is 17.3 Å². The second kappa shape index (κ2) is 2.05. The van der Waals surface area contributed by atoms with Crippen molar-refractivity contribution in [2.75, 3.05) is 0 Å². The summed E-state index contributed by atoms with van der Waals surface area (Å²) in [4.78, 5) is 0. The van der Waals surface area contributed by atoms with E-state index in [1.807, 2.05) is 0 Å². The van der Waals surface area contributed by atoms with Crippen molar-refractivity contribution in [1.29, 1.82) is 0 Å². The molecule has 0 aromatic heterocycles. The van der Waals surface area contributed by atoms with E-state index >= 15 is 0 Å². The van der Waals surface area contributed by atoms with Gasteiger partial charge in [0.1, 0.15) is 0 Å². The van der Waals surface area contributed by atoms with E-state index in [9.17, 15) is 17.3 Å². The molecule has 0 heterocycles. The van der Waals surface area contributed by atoms with E-state index in [-0.39, 0.29) is 7.43 Å². The molecule has 0 atom stereocenters. The van der Waals surface area contributed by atoms with Crippen molar-refractivity contribution in [3.8, 4) is 0 Å². The zero-order chi connectivity index (χ0) is 4.50. The molecule has 0 N–H and O–H groups in total. The summed E-state index contributed by atoms with van der Waals surface area (Å²) < 4.78 is 39.0. The molecule has 0 aliphatic carbocycles. The minimum atomic E-state index is -6.00. The summed E-state index contributed by atoms with van der Waals surface area (Å²) in [7, 11) is -6.00. The Hall–Kier alpha value is -0.215. The van der Waals surface area contributed by atoms with E-state index in [4.69, 9.17) is 0 Å². The van der Waals surface area contributed by atoms with Gasteiger partial charge in [-0.25, -0.2) is 0 Å². The Morgan fingerprint density at radius 2 is 0.833 bits per heavy atom. The Kier molecular flexibility index (Phi) is 3.16. The van der Waals surface area contributed by atoms with Crippen molar-refractivity contribution in [3.63, 3.8) is 0 Å². The molecule has 0 rings (SSSR count). The predicted molar refractivity (Wildman–Crippen MR) is 16.6 cm³/mol. The van der Waals surface area contributed by atoms with Gasteiger partial charge in [-0.1, -0.05) is 7.43 Å². The van der Waals surface area contributed by atoms with Gasteiger partial charge < -0.3 is 17.3 Å². The zero-order valence-corrected chi connectivity index (χ0v) is 3.09. The summed E-state index contributed by atoms with van der Waals surface area (Å²) in [6.45, 7) is 0. The summed E-state index contributed by atoms with van der Waals surface area (Å²) in [6, 6.07) is 0. The van der Waals surface area contributed by atoms with Gasteiger partial charge >= 0.3 is 7.25 Å². The molecule has 39 valence electrons. The van der Waals surface area contributed by atoms with Crippen molar-refractivity contribution >= 4 is 7.25 Å². The van der Waals surface area contributed by atoms with Gasteiger partial charge in [-0.3, -0.25) is 0 Å². The summed E-state index contributed by atoms with van der Waals surface area (Å²) in [6.07, 6.45) is 0. The maximum atomic E-state index is 9.75. The van der Waals surface area contributed by atoms with Crippen LogP contribution in [0.3, 0.4) is 0 Å². The van der Waals surface area contributed by atoms with Gasteiger partial charge in [0.25, 0.3) is 0 Å². The molecule has 0 bridgehead atoms. The van der Waals surface area contributed by atoms with Crippen LogP contribution in [0.1, 0.15) is 0 Å². The molecular weight excluding hydrogens is 98.8 g/mol. The molecule has 0 aliphatic heterocycles. The third kappa shape index (κ3) is 635. The van der Waals surface area contributed by atoms with Gasteiger partial charge in [0.2, 0.25) is 0 Å². The number of halogens is 4. The van der Waals surface area contributed by atoms with Gasteiger partial charge in [-0.2, -0.15) is 0 Å². The van der Waals surface area contributed by atoms with Crippen LogP contribution in [0.2, 0.25) is 0 Å². The lowest BCUT2D eigenvalue weighted by atomic mass is 10.3. The fraction of sp³-hybridized carbons (Fsp3) is 0. The Balaban J connectivity index is 0. The SMILES string of the molecule is F[B-](F)(F)F.[CH3]. The third-order valence-corrected chi connectivity index (χ3v) is 0. The van der Waals surface area contributed by atoms with Crippen LogP contribution in [0.25, 0.3) is 0 Å². The molecule has 0 aromatic rings. The first kappa shape index (κ1) is 9.25. The van der Waals surface area contributed by atoms with Gasteiger partial charge in [0.15, 0.2) is 0 Å². The van der Waals surface area contributed by atoms with Crippen LogP contribution in [0, 0.1) is 7.43 Å². The fourth-order valence-corrected chi connectivity index (χ4v) is 0. The summed E-state index contributed by atoms with van der Waals surface area (Å²) >= 11 is 0. The zero-order valence-electron chi connectivity index (χ0n) is 3.09.